The molecule has 136 valence electrons. The minimum atomic E-state index is 0.912. The monoisotopic (exact) mass is 363 g/mol. The van der Waals surface area contributed by atoms with E-state index in [1.165, 1.54) is 16.7 Å². The number of benzene rings is 3. The average molecular weight is 363 g/mol. The van der Waals surface area contributed by atoms with Crippen molar-refractivity contribution >= 4 is 22.9 Å². The number of imidazole rings is 2. The first-order valence-corrected chi connectivity index (χ1v) is 9.46. The quantitative estimate of drug-likeness (QED) is 0.374. The Bertz CT molecular complexity index is 1350. The van der Waals surface area contributed by atoms with E-state index < -0.39 is 0 Å². The first kappa shape index (κ1) is 16.6. The summed E-state index contributed by atoms with van der Waals surface area (Å²) in [7, 11) is 0. The summed E-state index contributed by atoms with van der Waals surface area (Å²) < 4.78 is 4.41. The first-order valence-electron chi connectivity index (χ1n) is 9.46. The van der Waals surface area contributed by atoms with E-state index in [0.717, 1.165) is 33.9 Å². The fraction of sp³-hybridized carbons (Fsp3) is 0.0800. The molecule has 0 unspecified atom stereocenters. The molecule has 3 nitrogen and oxygen atoms in total. The van der Waals surface area contributed by atoms with Gasteiger partial charge in [0.25, 0.3) is 0 Å². The van der Waals surface area contributed by atoms with E-state index in [-0.39, 0.29) is 0 Å². The fourth-order valence-corrected chi connectivity index (χ4v) is 4.02. The molecule has 3 heteroatoms. The summed E-state index contributed by atoms with van der Waals surface area (Å²) in [5.74, 6) is 0.912. The van der Waals surface area contributed by atoms with Gasteiger partial charge in [-0.15, -0.1) is 0 Å². The lowest BCUT2D eigenvalue weighted by atomic mass is 10.0. The van der Waals surface area contributed by atoms with Crippen molar-refractivity contribution < 1.29 is 0 Å². The molecule has 2 aromatic heterocycles. The molecule has 2 heterocycles. The number of hydrogen-bond acceptors (Lipinski definition) is 1. The Hall–Kier alpha value is -3.59. The second-order valence-corrected chi connectivity index (χ2v) is 7.17. The third-order valence-electron chi connectivity index (χ3n) is 5.34. The van der Waals surface area contributed by atoms with Gasteiger partial charge in [-0.05, 0) is 55.3 Å². The maximum atomic E-state index is 4.92. The van der Waals surface area contributed by atoms with E-state index in [0.29, 0.717) is 0 Å². The normalized spacial score (nSPS) is 11.4. The van der Waals surface area contributed by atoms with Crippen molar-refractivity contribution in [2.75, 3.05) is 0 Å². The number of aryl methyl sites for hydroxylation is 2. The first-order chi connectivity index (χ1) is 13.7. The van der Waals surface area contributed by atoms with Gasteiger partial charge in [-0.1, -0.05) is 60.7 Å². The van der Waals surface area contributed by atoms with Gasteiger partial charge < -0.3 is 0 Å². The van der Waals surface area contributed by atoms with Crippen LogP contribution in [0.5, 0.6) is 0 Å². The topological polar surface area (TPSA) is 22.2 Å². The largest absolute Gasteiger partial charge is 0.280 e. The number of aromatic nitrogens is 3. The molecule has 0 aliphatic carbocycles. The Balaban J connectivity index is 1.80. The van der Waals surface area contributed by atoms with Crippen LogP contribution in [-0.4, -0.2) is 14.0 Å². The summed E-state index contributed by atoms with van der Waals surface area (Å²) >= 11 is 0. The number of nitrogens with zero attached hydrogens (tertiary/aromatic N) is 3. The van der Waals surface area contributed by atoms with Gasteiger partial charge in [0.1, 0.15) is 0 Å². The highest BCUT2D eigenvalue weighted by Gasteiger charge is 2.18. The van der Waals surface area contributed by atoms with E-state index in [1.807, 2.05) is 12.1 Å². The third-order valence-corrected chi connectivity index (χ3v) is 5.34. The number of rotatable bonds is 3. The van der Waals surface area contributed by atoms with Crippen LogP contribution in [0.1, 0.15) is 17.0 Å². The predicted octanol–water partition coefficient (Wildman–Crippen LogP) is 6.21. The summed E-state index contributed by atoms with van der Waals surface area (Å²) in [5.41, 5.74) is 9.07. The summed E-state index contributed by atoms with van der Waals surface area (Å²) in [5, 5.41) is 0. The molecule has 0 N–H and O–H groups in total. The Morgan fingerprint density at radius 2 is 1.61 bits per heavy atom. The van der Waals surface area contributed by atoms with E-state index in [9.17, 15) is 0 Å². The lowest BCUT2D eigenvalue weighted by Crippen LogP contribution is -1.98. The second-order valence-electron chi connectivity index (χ2n) is 7.17. The number of para-hydroxylation sites is 2. The van der Waals surface area contributed by atoms with Crippen LogP contribution in [0.3, 0.4) is 0 Å². The summed E-state index contributed by atoms with van der Waals surface area (Å²) in [4.78, 5) is 4.92. The molecular formula is C25H21N3. The van der Waals surface area contributed by atoms with Gasteiger partial charge in [-0.3, -0.25) is 8.97 Å². The highest BCUT2D eigenvalue weighted by molar-refractivity contribution is 5.82. The minimum absolute atomic E-state index is 0.912. The maximum absolute atomic E-state index is 4.92. The van der Waals surface area contributed by atoms with Crippen molar-refractivity contribution in [2.45, 2.75) is 13.8 Å². The number of hydrogen-bond donors (Lipinski definition) is 0. The van der Waals surface area contributed by atoms with Crippen LogP contribution in [0.25, 0.3) is 39.7 Å². The van der Waals surface area contributed by atoms with Gasteiger partial charge in [-0.25, -0.2) is 4.98 Å². The highest BCUT2D eigenvalue weighted by Crippen LogP contribution is 2.29. The molecule has 3 aromatic carbocycles. The Morgan fingerprint density at radius 1 is 0.857 bits per heavy atom. The third kappa shape index (κ3) is 2.40. The smallest absolute Gasteiger partial charge is 0.220 e. The van der Waals surface area contributed by atoms with Crippen LogP contribution in [-0.2, 0) is 0 Å². The van der Waals surface area contributed by atoms with Crippen LogP contribution in [0.2, 0.25) is 0 Å². The zero-order valence-corrected chi connectivity index (χ0v) is 16.1. The van der Waals surface area contributed by atoms with E-state index in [4.69, 9.17) is 4.98 Å². The molecule has 0 saturated carbocycles. The summed E-state index contributed by atoms with van der Waals surface area (Å²) in [6.07, 6.45) is 1.91. The predicted molar refractivity (Wildman–Crippen MR) is 117 cm³/mol. The molecule has 5 aromatic rings. The fourth-order valence-electron chi connectivity index (χ4n) is 4.02. The molecule has 0 aliphatic rings. The van der Waals surface area contributed by atoms with Gasteiger partial charge in [0.05, 0.1) is 16.7 Å². The molecule has 5 rings (SSSR count). The summed E-state index contributed by atoms with van der Waals surface area (Å²) in [6, 6.07) is 25.5. The molecule has 0 aliphatic heterocycles. The van der Waals surface area contributed by atoms with Gasteiger partial charge >= 0.3 is 0 Å². The minimum Gasteiger partial charge on any atom is -0.280 e. The molecule has 0 bridgehead atoms. The molecule has 0 radical (unpaired) electrons. The molecule has 0 amide bonds. The molecular weight excluding hydrogens is 342 g/mol. The Morgan fingerprint density at radius 3 is 2.39 bits per heavy atom. The standard InChI is InChI=1S/C25H21N3/c1-4-23-18(3)27-24-14-6-5-13-22(24)26-25(27)28(23)21-12-8-11-20(16-21)19-10-7-9-17(2)15-19/h4-16H,1H2,2-3H3. The van der Waals surface area contributed by atoms with Crippen LogP contribution in [0, 0.1) is 13.8 Å². The Kier molecular flexibility index (Phi) is 3.69. The second kappa shape index (κ2) is 6.24. The van der Waals surface area contributed by atoms with Crippen LogP contribution in [0.15, 0.2) is 79.4 Å². The van der Waals surface area contributed by atoms with E-state index in [2.05, 4.69) is 96.1 Å². The average Bonchev–Trinajstić information content (AvgIpc) is 3.22. The van der Waals surface area contributed by atoms with Crippen LogP contribution >= 0.6 is 0 Å². The lowest BCUT2D eigenvalue weighted by molar-refractivity contribution is 1.07. The molecule has 0 saturated heterocycles. The van der Waals surface area contributed by atoms with Crippen molar-refractivity contribution in [1.82, 2.24) is 14.0 Å². The Labute approximate surface area is 164 Å². The molecule has 0 spiro atoms. The van der Waals surface area contributed by atoms with Gasteiger partial charge in [0.15, 0.2) is 0 Å². The zero-order chi connectivity index (χ0) is 19.3. The van der Waals surface area contributed by atoms with E-state index >= 15 is 0 Å². The SMILES string of the molecule is C=Cc1c(C)n2c3ccccc3nc2n1-c1cccc(-c2cccc(C)c2)c1. The van der Waals surface area contributed by atoms with Crippen molar-refractivity contribution in [2.24, 2.45) is 0 Å². The van der Waals surface area contributed by atoms with E-state index in [1.54, 1.807) is 0 Å². The van der Waals surface area contributed by atoms with Crippen molar-refractivity contribution in [3.8, 4) is 16.8 Å². The van der Waals surface area contributed by atoms with Crippen molar-refractivity contribution in [3.63, 3.8) is 0 Å². The summed E-state index contributed by atoms with van der Waals surface area (Å²) in [6.45, 7) is 8.31. The van der Waals surface area contributed by atoms with Crippen LogP contribution < -0.4 is 0 Å². The van der Waals surface area contributed by atoms with Gasteiger partial charge in [-0.2, -0.15) is 0 Å². The molecule has 0 fully saturated rings. The molecule has 0 atom stereocenters. The van der Waals surface area contributed by atoms with Gasteiger partial charge in [0, 0.05) is 11.4 Å². The maximum Gasteiger partial charge on any atom is 0.220 e. The van der Waals surface area contributed by atoms with Crippen LogP contribution in [0.4, 0.5) is 0 Å². The molecule has 28 heavy (non-hydrogen) atoms. The lowest BCUT2D eigenvalue weighted by Gasteiger charge is -2.10. The van der Waals surface area contributed by atoms with Crippen molar-refractivity contribution in [3.05, 3.63) is 96.3 Å². The van der Waals surface area contributed by atoms with Gasteiger partial charge in [0.2, 0.25) is 5.78 Å². The van der Waals surface area contributed by atoms with Crippen molar-refractivity contribution in [1.29, 1.82) is 0 Å². The zero-order valence-electron chi connectivity index (χ0n) is 16.1. The number of fused-ring (bicyclic) bond motifs is 3. The highest BCUT2D eigenvalue weighted by atomic mass is 15.2.